The first-order valence-corrected chi connectivity index (χ1v) is 6.06. The predicted octanol–water partition coefficient (Wildman–Crippen LogP) is 3.48. The number of carboxylic acids is 1. The van der Waals surface area contributed by atoms with Crippen LogP contribution in [0.3, 0.4) is 0 Å². The zero-order valence-electron chi connectivity index (χ0n) is 11.2. The van der Waals surface area contributed by atoms with Gasteiger partial charge in [0.2, 0.25) is 0 Å². The van der Waals surface area contributed by atoms with Gasteiger partial charge in [-0.2, -0.15) is 13.2 Å². The number of carbonyl (C=O) groups is 1. The van der Waals surface area contributed by atoms with Gasteiger partial charge in [-0.15, -0.1) is 0 Å². The fraction of sp³-hybridized carbons (Fsp3) is 0.357. The molecule has 1 aromatic carbocycles. The summed E-state index contributed by atoms with van der Waals surface area (Å²) in [6, 6.07) is 4.80. The number of aryl methyl sites for hydroxylation is 1. The van der Waals surface area contributed by atoms with E-state index in [1.165, 1.54) is 11.0 Å². The monoisotopic (exact) mass is 287 g/mol. The maximum absolute atomic E-state index is 12.4. The zero-order valence-corrected chi connectivity index (χ0v) is 11.2. The van der Waals surface area contributed by atoms with Crippen molar-refractivity contribution in [2.45, 2.75) is 20.0 Å². The lowest BCUT2D eigenvalue weighted by molar-refractivity contribution is -0.131. The van der Waals surface area contributed by atoms with Gasteiger partial charge >= 0.3 is 12.1 Å². The third-order valence-electron chi connectivity index (χ3n) is 2.78. The molecule has 20 heavy (non-hydrogen) atoms. The normalized spacial score (nSPS) is 11.8. The molecule has 110 valence electrons. The number of rotatable bonds is 5. The van der Waals surface area contributed by atoms with E-state index in [9.17, 15) is 18.0 Å². The standard InChI is InChI=1S/C14H16F3NO2/c1-3-18(9-14(15,16)17)12-6-4-11(10(2)8-12)5-7-13(19)20/h4-8H,3,9H2,1-2H3,(H,19,20). The molecule has 1 aromatic rings. The van der Waals surface area contributed by atoms with E-state index in [2.05, 4.69) is 0 Å². The Kier molecular flexibility index (Phi) is 5.19. The number of benzene rings is 1. The van der Waals surface area contributed by atoms with Gasteiger partial charge in [0.1, 0.15) is 6.54 Å². The van der Waals surface area contributed by atoms with E-state index in [0.29, 0.717) is 11.3 Å². The van der Waals surface area contributed by atoms with E-state index in [1.807, 2.05) is 0 Å². The fourth-order valence-electron chi connectivity index (χ4n) is 1.81. The van der Waals surface area contributed by atoms with Crippen molar-refractivity contribution in [1.82, 2.24) is 0 Å². The van der Waals surface area contributed by atoms with Crippen molar-refractivity contribution in [3.63, 3.8) is 0 Å². The minimum atomic E-state index is -4.26. The molecule has 6 heteroatoms. The van der Waals surface area contributed by atoms with Gasteiger partial charge in [0.25, 0.3) is 0 Å². The summed E-state index contributed by atoms with van der Waals surface area (Å²) in [5.41, 5.74) is 1.86. The van der Waals surface area contributed by atoms with Crippen LogP contribution >= 0.6 is 0 Å². The molecule has 0 saturated heterocycles. The van der Waals surface area contributed by atoms with Crippen LogP contribution in [-0.2, 0) is 4.79 Å². The molecule has 1 N–H and O–H groups in total. The van der Waals surface area contributed by atoms with Crippen LogP contribution in [0.2, 0.25) is 0 Å². The van der Waals surface area contributed by atoms with Crippen LogP contribution in [0, 0.1) is 6.92 Å². The molecule has 0 aliphatic carbocycles. The molecule has 0 bridgehead atoms. The Bertz CT molecular complexity index is 510. The minimum Gasteiger partial charge on any atom is -0.478 e. The molecule has 0 saturated carbocycles. The average Bonchev–Trinajstić information content (AvgIpc) is 2.33. The zero-order chi connectivity index (χ0) is 15.3. The topological polar surface area (TPSA) is 40.5 Å². The summed E-state index contributed by atoms with van der Waals surface area (Å²) in [5, 5.41) is 8.55. The van der Waals surface area contributed by atoms with Crippen LogP contribution in [0.1, 0.15) is 18.1 Å². The molecule has 0 spiro atoms. The first-order valence-electron chi connectivity index (χ1n) is 6.06. The molecular weight excluding hydrogens is 271 g/mol. The van der Waals surface area contributed by atoms with Crippen LogP contribution in [0.5, 0.6) is 0 Å². The highest BCUT2D eigenvalue weighted by molar-refractivity contribution is 5.85. The molecule has 0 atom stereocenters. The molecule has 0 amide bonds. The number of anilines is 1. The molecule has 0 aliphatic heterocycles. The number of nitrogens with zero attached hydrogens (tertiary/aromatic N) is 1. The summed E-state index contributed by atoms with van der Waals surface area (Å²) in [4.78, 5) is 11.7. The molecule has 0 unspecified atom stereocenters. The second-order valence-corrected chi connectivity index (χ2v) is 4.34. The highest BCUT2D eigenvalue weighted by Crippen LogP contribution is 2.24. The van der Waals surface area contributed by atoms with Gasteiger partial charge in [-0.1, -0.05) is 6.07 Å². The van der Waals surface area contributed by atoms with Gasteiger partial charge in [0, 0.05) is 18.3 Å². The SMILES string of the molecule is CCN(CC(F)(F)F)c1ccc(C=CC(=O)O)c(C)c1. The van der Waals surface area contributed by atoms with Crippen LogP contribution in [0.4, 0.5) is 18.9 Å². The molecule has 0 fully saturated rings. The van der Waals surface area contributed by atoms with Gasteiger partial charge in [-0.25, -0.2) is 4.79 Å². The second-order valence-electron chi connectivity index (χ2n) is 4.34. The molecule has 0 aromatic heterocycles. The average molecular weight is 287 g/mol. The highest BCUT2D eigenvalue weighted by Gasteiger charge is 2.30. The number of carboxylic acid groups (broad SMARTS) is 1. The van der Waals surface area contributed by atoms with Crippen LogP contribution in [-0.4, -0.2) is 30.3 Å². The molecule has 3 nitrogen and oxygen atoms in total. The van der Waals surface area contributed by atoms with Gasteiger partial charge in [0.15, 0.2) is 0 Å². The molecule has 0 heterocycles. The maximum atomic E-state index is 12.4. The van der Waals surface area contributed by atoms with E-state index in [0.717, 1.165) is 11.6 Å². The van der Waals surface area contributed by atoms with Gasteiger partial charge in [-0.05, 0) is 43.2 Å². The summed E-state index contributed by atoms with van der Waals surface area (Å²) >= 11 is 0. The van der Waals surface area contributed by atoms with Crippen molar-refractivity contribution in [1.29, 1.82) is 0 Å². The Morgan fingerprint density at radius 2 is 2.05 bits per heavy atom. The lowest BCUT2D eigenvalue weighted by atomic mass is 10.1. The largest absolute Gasteiger partial charge is 0.478 e. The third kappa shape index (κ3) is 4.95. The van der Waals surface area contributed by atoms with Crippen LogP contribution in [0.25, 0.3) is 6.08 Å². The minimum absolute atomic E-state index is 0.239. The highest BCUT2D eigenvalue weighted by atomic mass is 19.4. The third-order valence-corrected chi connectivity index (χ3v) is 2.78. The Labute approximate surface area is 115 Å². The quantitative estimate of drug-likeness (QED) is 0.843. The summed E-state index contributed by atoms with van der Waals surface area (Å²) in [7, 11) is 0. The van der Waals surface area contributed by atoms with Crippen molar-refractivity contribution in [2.24, 2.45) is 0 Å². The van der Waals surface area contributed by atoms with Crippen molar-refractivity contribution < 1.29 is 23.1 Å². The Balaban J connectivity index is 2.98. The van der Waals surface area contributed by atoms with Gasteiger partial charge in [0.05, 0.1) is 0 Å². The summed E-state index contributed by atoms with van der Waals surface area (Å²) in [6.45, 7) is 2.61. The first kappa shape index (κ1) is 16.1. The lowest BCUT2D eigenvalue weighted by Gasteiger charge is -2.25. The summed E-state index contributed by atoms with van der Waals surface area (Å²) in [6.07, 6.45) is -1.84. The Hall–Kier alpha value is -1.98. The van der Waals surface area contributed by atoms with Crippen LogP contribution in [0.15, 0.2) is 24.3 Å². The summed E-state index contributed by atoms with van der Waals surface area (Å²) in [5.74, 6) is -1.07. The van der Waals surface area contributed by atoms with E-state index >= 15 is 0 Å². The molecule has 0 aliphatic rings. The number of hydrogen-bond donors (Lipinski definition) is 1. The fourth-order valence-corrected chi connectivity index (χ4v) is 1.81. The first-order chi connectivity index (χ1) is 9.23. The van der Waals surface area contributed by atoms with E-state index < -0.39 is 18.7 Å². The number of halogens is 3. The van der Waals surface area contributed by atoms with Crippen molar-refractivity contribution in [2.75, 3.05) is 18.0 Å². The van der Waals surface area contributed by atoms with E-state index in [-0.39, 0.29) is 6.54 Å². The van der Waals surface area contributed by atoms with Crippen LogP contribution < -0.4 is 4.90 Å². The van der Waals surface area contributed by atoms with Crippen molar-refractivity contribution in [3.8, 4) is 0 Å². The van der Waals surface area contributed by atoms with E-state index in [1.54, 1.807) is 32.0 Å². The molecule has 0 radical (unpaired) electrons. The number of aliphatic carboxylic acids is 1. The smallest absolute Gasteiger partial charge is 0.405 e. The summed E-state index contributed by atoms with van der Waals surface area (Å²) < 4.78 is 37.3. The molecule has 1 rings (SSSR count). The second kappa shape index (κ2) is 6.45. The number of alkyl halides is 3. The Morgan fingerprint density at radius 3 is 2.50 bits per heavy atom. The maximum Gasteiger partial charge on any atom is 0.405 e. The predicted molar refractivity (Wildman–Crippen MR) is 71.8 cm³/mol. The molecular formula is C14H16F3NO2. The Morgan fingerprint density at radius 1 is 1.40 bits per heavy atom. The lowest BCUT2D eigenvalue weighted by Crippen LogP contribution is -2.34. The van der Waals surface area contributed by atoms with Gasteiger partial charge in [-0.3, -0.25) is 0 Å². The van der Waals surface area contributed by atoms with Gasteiger partial charge < -0.3 is 10.0 Å². The van der Waals surface area contributed by atoms with Crippen molar-refractivity contribution >= 4 is 17.7 Å². The van der Waals surface area contributed by atoms with E-state index in [4.69, 9.17) is 5.11 Å². The number of hydrogen-bond acceptors (Lipinski definition) is 2. The van der Waals surface area contributed by atoms with Crippen molar-refractivity contribution in [3.05, 3.63) is 35.4 Å².